The van der Waals surface area contributed by atoms with E-state index >= 15 is 0 Å². The van der Waals surface area contributed by atoms with Crippen molar-refractivity contribution >= 4 is 23.2 Å². The first-order valence-corrected chi connectivity index (χ1v) is 7.99. The summed E-state index contributed by atoms with van der Waals surface area (Å²) in [7, 11) is 1.59. The number of aromatic amines is 1. The third-order valence-corrected chi connectivity index (χ3v) is 3.69. The average molecular weight is 337 g/mol. The van der Waals surface area contributed by atoms with Gasteiger partial charge in [-0.2, -0.15) is 0 Å². The van der Waals surface area contributed by atoms with Crippen molar-refractivity contribution in [3.63, 3.8) is 0 Å². The molecule has 1 N–H and O–H groups in total. The number of hydrogen-bond acceptors (Lipinski definition) is 5. The maximum Gasteiger partial charge on any atom is 0.335 e. The number of esters is 1. The summed E-state index contributed by atoms with van der Waals surface area (Å²) in [5.74, 6) is 0.900. The van der Waals surface area contributed by atoms with E-state index in [0.717, 1.165) is 16.6 Å². The molecule has 0 aliphatic rings. The molecule has 2 aromatic carbocycles. The zero-order valence-electron chi connectivity index (χ0n) is 14.1. The Labute approximate surface area is 145 Å². The highest BCUT2D eigenvalue weighted by molar-refractivity contribution is 5.86. The first kappa shape index (κ1) is 16.7. The minimum absolute atomic E-state index is 0.297. The van der Waals surface area contributed by atoms with E-state index in [4.69, 9.17) is 9.47 Å². The van der Waals surface area contributed by atoms with Gasteiger partial charge >= 0.3 is 5.97 Å². The van der Waals surface area contributed by atoms with Gasteiger partial charge in [-0.3, -0.25) is 4.99 Å². The number of fused-ring (bicyclic) bond motifs is 1. The minimum atomic E-state index is -0.751. The molecule has 0 bridgehead atoms. The lowest BCUT2D eigenvalue weighted by atomic mass is 10.1. The molecular formula is C19H19N3O3. The summed E-state index contributed by atoms with van der Waals surface area (Å²) in [5, 5.41) is 0. The van der Waals surface area contributed by atoms with Crippen LogP contribution in [0.3, 0.4) is 0 Å². The van der Waals surface area contributed by atoms with Crippen LogP contribution in [0.1, 0.15) is 24.4 Å². The van der Waals surface area contributed by atoms with Gasteiger partial charge in [0.05, 0.1) is 31.0 Å². The van der Waals surface area contributed by atoms with Gasteiger partial charge < -0.3 is 14.5 Å². The molecular weight excluding hydrogens is 318 g/mol. The largest absolute Gasteiger partial charge is 0.497 e. The van der Waals surface area contributed by atoms with Crippen molar-refractivity contribution in [1.29, 1.82) is 0 Å². The van der Waals surface area contributed by atoms with E-state index in [2.05, 4.69) is 15.0 Å². The number of aliphatic imine (C=N–C) groups is 1. The van der Waals surface area contributed by atoms with E-state index in [0.29, 0.717) is 18.2 Å². The molecule has 0 saturated heterocycles. The van der Waals surface area contributed by atoms with Crippen molar-refractivity contribution in [2.45, 2.75) is 13.0 Å². The number of imidazole rings is 1. The second-order valence-corrected chi connectivity index (χ2v) is 5.35. The zero-order valence-corrected chi connectivity index (χ0v) is 14.1. The highest BCUT2D eigenvalue weighted by Gasteiger charge is 2.20. The Hall–Kier alpha value is -3.15. The predicted molar refractivity (Wildman–Crippen MR) is 96.1 cm³/mol. The Bertz CT molecular complexity index is 851. The van der Waals surface area contributed by atoms with Crippen LogP contribution in [-0.4, -0.2) is 35.9 Å². The van der Waals surface area contributed by atoms with Gasteiger partial charge in [0.2, 0.25) is 0 Å². The number of carbonyl (C=O) groups is 1. The van der Waals surface area contributed by atoms with E-state index in [1.54, 1.807) is 44.5 Å². The molecule has 1 aromatic heterocycles. The topological polar surface area (TPSA) is 76.6 Å². The molecule has 25 heavy (non-hydrogen) atoms. The molecule has 0 spiro atoms. The number of H-pyrrole nitrogens is 1. The molecule has 0 amide bonds. The van der Waals surface area contributed by atoms with E-state index in [1.165, 1.54) is 0 Å². The van der Waals surface area contributed by atoms with Crippen molar-refractivity contribution in [2.75, 3.05) is 13.7 Å². The number of nitrogens with zero attached hydrogens (tertiary/aromatic N) is 2. The quantitative estimate of drug-likeness (QED) is 0.553. The summed E-state index contributed by atoms with van der Waals surface area (Å²) in [6.07, 6.45) is 1.56. The molecule has 0 fully saturated rings. The number of methoxy groups -OCH3 is 1. The molecule has 0 aliphatic carbocycles. The van der Waals surface area contributed by atoms with Gasteiger partial charge in [-0.25, -0.2) is 9.78 Å². The summed E-state index contributed by atoms with van der Waals surface area (Å²) >= 11 is 0. The van der Waals surface area contributed by atoms with Gasteiger partial charge in [-0.1, -0.05) is 24.3 Å². The molecule has 0 aliphatic heterocycles. The Morgan fingerprint density at radius 3 is 2.68 bits per heavy atom. The van der Waals surface area contributed by atoms with Crippen LogP contribution in [0.15, 0.2) is 53.5 Å². The Morgan fingerprint density at radius 2 is 2.00 bits per heavy atom. The van der Waals surface area contributed by atoms with E-state index in [9.17, 15) is 4.79 Å². The molecule has 3 rings (SSSR count). The lowest BCUT2D eigenvalue weighted by Gasteiger charge is -2.12. The SMILES string of the molecule is CCOC(=O)C(N=Cc1nc2ccccc2[nH]1)c1ccc(OC)cc1. The van der Waals surface area contributed by atoms with Crippen molar-refractivity contribution in [2.24, 2.45) is 4.99 Å². The fourth-order valence-electron chi connectivity index (χ4n) is 2.47. The number of hydrogen-bond donors (Lipinski definition) is 1. The fraction of sp³-hybridized carbons (Fsp3) is 0.211. The summed E-state index contributed by atoms with van der Waals surface area (Å²) in [6.45, 7) is 2.07. The van der Waals surface area contributed by atoms with E-state index in [-0.39, 0.29) is 0 Å². The zero-order chi connectivity index (χ0) is 17.6. The molecule has 128 valence electrons. The monoisotopic (exact) mass is 337 g/mol. The Balaban J connectivity index is 1.89. The molecule has 1 heterocycles. The number of benzene rings is 2. The highest BCUT2D eigenvalue weighted by Crippen LogP contribution is 2.22. The Morgan fingerprint density at radius 1 is 1.24 bits per heavy atom. The second-order valence-electron chi connectivity index (χ2n) is 5.35. The van der Waals surface area contributed by atoms with Gasteiger partial charge in [0.15, 0.2) is 6.04 Å². The van der Waals surface area contributed by atoms with Gasteiger partial charge in [-0.15, -0.1) is 0 Å². The first-order chi connectivity index (χ1) is 12.2. The van der Waals surface area contributed by atoms with Crippen LogP contribution in [0.4, 0.5) is 0 Å². The average Bonchev–Trinajstić information content (AvgIpc) is 3.05. The molecule has 0 radical (unpaired) electrons. The Kier molecular flexibility index (Phi) is 5.09. The number of para-hydroxylation sites is 2. The van der Waals surface area contributed by atoms with Crippen LogP contribution >= 0.6 is 0 Å². The third kappa shape index (κ3) is 3.85. The standard InChI is InChI=1S/C19H19N3O3/c1-3-25-19(23)18(13-8-10-14(24-2)11-9-13)20-12-17-21-15-6-4-5-7-16(15)22-17/h4-12,18H,3H2,1-2H3,(H,21,22). The summed E-state index contributed by atoms with van der Waals surface area (Å²) < 4.78 is 10.3. The molecule has 3 aromatic rings. The lowest BCUT2D eigenvalue weighted by molar-refractivity contribution is -0.144. The van der Waals surface area contributed by atoms with Crippen LogP contribution in [0.5, 0.6) is 5.75 Å². The number of ether oxygens (including phenoxy) is 2. The number of carbonyl (C=O) groups excluding carboxylic acids is 1. The molecule has 0 saturated carbocycles. The predicted octanol–water partition coefficient (Wildman–Crippen LogP) is 3.29. The highest BCUT2D eigenvalue weighted by atomic mass is 16.5. The van der Waals surface area contributed by atoms with E-state index in [1.807, 2.05) is 24.3 Å². The summed E-state index contributed by atoms with van der Waals surface area (Å²) in [6, 6.07) is 14.1. The van der Waals surface area contributed by atoms with Crippen molar-refractivity contribution < 1.29 is 14.3 Å². The second kappa shape index (κ2) is 7.61. The van der Waals surface area contributed by atoms with Gasteiger partial charge in [0.25, 0.3) is 0 Å². The normalized spacial score (nSPS) is 12.4. The van der Waals surface area contributed by atoms with Crippen LogP contribution < -0.4 is 4.74 Å². The molecule has 1 unspecified atom stereocenters. The smallest absolute Gasteiger partial charge is 0.335 e. The van der Waals surface area contributed by atoms with Crippen LogP contribution in [-0.2, 0) is 9.53 Å². The summed E-state index contributed by atoms with van der Waals surface area (Å²) in [4.78, 5) is 24.3. The van der Waals surface area contributed by atoms with Crippen LogP contribution in [0, 0.1) is 0 Å². The number of nitrogens with one attached hydrogen (secondary N) is 1. The van der Waals surface area contributed by atoms with Crippen molar-refractivity contribution in [3.8, 4) is 5.75 Å². The van der Waals surface area contributed by atoms with Crippen LogP contribution in [0.2, 0.25) is 0 Å². The van der Waals surface area contributed by atoms with Crippen molar-refractivity contribution in [1.82, 2.24) is 9.97 Å². The van der Waals surface area contributed by atoms with E-state index < -0.39 is 12.0 Å². The van der Waals surface area contributed by atoms with Crippen molar-refractivity contribution in [3.05, 3.63) is 59.9 Å². The first-order valence-electron chi connectivity index (χ1n) is 7.99. The number of aromatic nitrogens is 2. The molecule has 6 nitrogen and oxygen atoms in total. The summed E-state index contributed by atoms with van der Waals surface area (Å²) in [5.41, 5.74) is 2.49. The van der Waals surface area contributed by atoms with Gasteiger partial charge in [0, 0.05) is 0 Å². The maximum absolute atomic E-state index is 12.3. The third-order valence-electron chi connectivity index (χ3n) is 3.69. The van der Waals surface area contributed by atoms with Gasteiger partial charge in [-0.05, 0) is 36.8 Å². The lowest BCUT2D eigenvalue weighted by Crippen LogP contribution is -2.14. The number of rotatable bonds is 6. The van der Waals surface area contributed by atoms with Gasteiger partial charge in [0.1, 0.15) is 11.6 Å². The molecule has 6 heteroatoms. The fourth-order valence-corrected chi connectivity index (χ4v) is 2.47. The minimum Gasteiger partial charge on any atom is -0.497 e. The molecule has 1 atom stereocenters. The maximum atomic E-state index is 12.3. The van der Waals surface area contributed by atoms with Crippen LogP contribution in [0.25, 0.3) is 11.0 Å².